The number of imidazole rings is 1. The van der Waals surface area contributed by atoms with E-state index in [-0.39, 0.29) is 24.1 Å². The maximum Gasteiger partial charge on any atom is 0.411 e. The van der Waals surface area contributed by atoms with Crippen LogP contribution >= 0.6 is 0 Å². The molecule has 3 rings (SSSR count). The molecule has 1 aromatic heterocycles. The third-order valence-corrected chi connectivity index (χ3v) is 4.79. The van der Waals surface area contributed by atoms with Crippen molar-refractivity contribution >= 4 is 6.09 Å². The van der Waals surface area contributed by atoms with Crippen LogP contribution in [0.5, 0.6) is 0 Å². The van der Waals surface area contributed by atoms with E-state index in [1.54, 1.807) is 17.3 Å². The number of nitrogens with zero attached hydrogens (tertiary/aromatic N) is 2. The summed E-state index contributed by atoms with van der Waals surface area (Å²) in [7, 11) is 0. The fourth-order valence-corrected chi connectivity index (χ4v) is 3.62. The molecule has 0 bridgehead atoms. The maximum atomic E-state index is 13.0. The zero-order chi connectivity index (χ0) is 20.1. The molecule has 0 aliphatic carbocycles. The number of carbonyl (C=O) groups excluding carboxylic acids is 1. The molecule has 1 fully saturated rings. The molecule has 0 unspecified atom stereocenters. The van der Waals surface area contributed by atoms with E-state index in [1.807, 2.05) is 57.2 Å². The first-order valence-corrected chi connectivity index (χ1v) is 9.64. The summed E-state index contributed by atoms with van der Waals surface area (Å²) in [4.78, 5) is 22.2. The summed E-state index contributed by atoms with van der Waals surface area (Å²) in [6, 6.07) is 9.69. The lowest BCUT2D eigenvalue weighted by Gasteiger charge is -2.31. The summed E-state index contributed by atoms with van der Waals surface area (Å²) in [6.07, 6.45) is 5.65. The van der Waals surface area contributed by atoms with Crippen molar-refractivity contribution in [3.05, 3.63) is 66.8 Å². The number of aromatic nitrogens is 2. The number of hydrogen-bond acceptors (Lipinski definition) is 4. The standard InChI is InChI=1S/C22H29N3O3/c1-5-18-17(15-27-14-16-9-7-6-8-10-16)13-19(20-23-11-12-24-20)25(18)21(26)28-22(2,3)4/h5-12,17-19H,1,13-15H2,2-4H3,(H,23,24)/t17-,18-,19+/m1/s1. The van der Waals surface area contributed by atoms with E-state index in [4.69, 9.17) is 9.47 Å². The van der Waals surface area contributed by atoms with Crippen LogP contribution in [-0.2, 0) is 16.1 Å². The largest absolute Gasteiger partial charge is 0.444 e. The summed E-state index contributed by atoms with van der Waals surface area (Å²) >= 11 is 0. The second-order valence-electron chi connectivity index (χ2n) is 8.10. The SMILES string of the molecule is C=C[C@@H]1[C@@H](COCc2ccccc2)C[C@@H](c2ncc[nH]2)N1C(=O)OC(C)(C)C. The summed E-state index contributed by atoms with van der Waals surface area (Å²) < 4.78 is 11.6. The van der Waals surface area contributed by atoms with Crippen LogP contribution in [0.1, 0.15) is 44.6 Å². The van der Waals surface area contributed by atoms with Gasteiger partial charge in [0.1, 0.15) is 11.4 Å². The number of amides is 1. The van der Waals surface area contributed by atoms with Crippen molar-refractivity contribution in [2.45, 2.75) is 51.5 Å². The molecule has 0 radical (unpaired) electrons. The van der Waals surface area contributed by atoms with Gasteiger partial charge in [0, 0.05) is 18.3 Å². The highest BCUT2D eigenvalue weighted by Gasteiger charge is 2.45. The topological polar surface area (TPSA) is 67.5 Å². The molecule has 6 heteroatoms. The van der Waals surface area contributed by atoms with Crippen LogP contribution in [0, 0.1) is 5.92 Å². The van der Waals surface area contributed by atoms with E-state index in [0.29, 0.717) is 13.2 Å². The van der Waals surface area contributed by atoms with Crippen LogP contribution in [0.4, 0.5) is 4.79 Å². The van der Waals surface area contributed by atoms with Crippen LogP contribution in [0.25, 0.3) is 0 Å². The number of likely N-dealkylation sites (tertiary alicyclic amines) is 1. The van der Waals surface area contributed by atoms with Gasteiger partial charge in [-0.2, -0.15) is 0 Å². The average molecular weight is 383 g/mol. The summed E-state index contributed by atoms with van der Waals surface area (Å²) in [5.41, 5.74) is 0.556. The zero-order valence-corrected chi connectivity index (χ0v) is 16.8. The van der Waals surface area contributed by atoms with Crippen molar-refractivity contribution in [1.29, 1.82) is 0 Å². The molecular formula is C22H29N3O3. The number of ether oxygens (including phenoxy) is 2. The third kappa shape index (κ3) is 4.81. The minimum atomic E-state index is -0.571. The van der Waals surface area contributed by atoms with Crippen LogP contribution in [-0.4, -0.2) is 39.2 Å². The number of H-pyrrole nitrogens is 1. The number of carbonyl (C=O) groups is 1. The molecule has 1 aliphatic rings. The molecule has 6 nitrogen and oxygen atoms in total. The lowest BCUT2D eigenvalue weighted by atomic mass is 10.00. The van der Waals surface area contributed by atoms with Gasteiger partial charge in [0.2, 0.25) is 0 Å². The van der Waals surface area contributed by atoms with Crippen LogP contribution < -0.4 is 0 Å². The normalized spacial score (nSPS) is 22.2. The lowest BCUT2D eigenvalue weighted by Crippen LogP contribution is -2.42. The van der Waals surface area contributed by atoms with E-state index < -0.39 is 5.60 Å². The van der Waals surface area contributed by atoms with Gasteiger partial charge in [-0.25, -0.2) is 9.78 Å². The summed E-state index contributed by atoms with van der Waals surface area (Å²) in [6.45, 7) is 10.6. The predicted octanol–water partition coefficient (Wildman–Crippen LogP) is 4.48. The fraction of sp³-hybridized carbons (Fsp3) is 0.455. The zero-order valence-electron chi connectivity index (χ0n) is 16.8. The molecule has 2 heterocycles. The Bertz CT molecular complexity index is 768. The number of hydrogen-bond donors (Lipinski definition) is 1. The second-order valence-corrected chi connectivity index (χ2v) is 8.10. The van der Waals surface area contributed by atoms with Crippen LogP contribution in [0.2, 0.25) is 0 Å². The molecule has 0 spiro atoms. The Hall–Kier alpha value is -2.60. The second kappa shape index (κ2) is 8.61. The van der Waals surface area contributed by atoms with Gasteiger partial charge in [0.25, 0.3) is 0 Å². The number of rotatable bonds is 6. The molecule has 150 valence electrons. The van der Waals surface area contributed by atoms with Crippen molar-refractivity contribution in [1.82, 2.24) is 14.9 Å². The van der Waals surface area contributed by atoms with Gasteiger partial charge in [0.05, 0.1) is 25.3 Å². The van der Waals surface area contributed by atoms with Crippen molar-refractivity contribution in [3.8, 4) is 0 Å². The number of aromatic amines is 1. The van der Waals surface area contributed by atoms with E-state index in [2.05, 4.69) is 16.5 Å². The Morgan fingerprint density at radius 3 is 2.71 bits per heavy atom. The van der Waals surface area contributed by atoms with Gasteiger partial charge in [-0.15, -0.1) is 6.58 Å². The van der Waals surface area contributed by atoms with Gasteiger partial charge in [-0.3, -0.25) is 4.90 Å². The Labute approximate surface area is 166 Å². The number of benzene rings is 1. The van der Waals surface area contributed by atoms with Crippen LogP contribution in [0.15, 0.2) is 55.4 Å². The Morgan fingerprint density at radius 2 is 2.11 bits per heavy atom. The van der Waals surface area contributed by atoms with E-state index in [0.717, 1.165) is 17.8 Å². The number of nitrogens with one attached hydrogen (secondary N) is 1. The molecule has 1 aromatic carbocycles. The molecule has 1 saturated heterocycles. The fourth-order valence-electron chi connectivity index (χ4n) is 3.62. The molecule has 0 saturated carbocycles. The Morgan fingerprint density at radius 1 is 1.36 bits per heavy atom. The third-order valence-electron chi connectivity index (χ3n) is 4.79. The lowest BCUT2D eigenvalue weighted by molar-refractivity contribution is 0.0138. The monoisotopic (exact) mass is 383 g/mol. The molecular weight excluding hydrogens is 354 g/mol. The van der Waals surface area contributed by atoms with Gasteiger partial charge in [-0.1, -0.05) is 36.4 Å². The van der Waals surface area contributed by atoms with Gasteiger partial charge >= 0.3 is 6.09 Å². The maximum absolute atomic E-state index is 13.0. The van der Waals surface area contributed by atoms with E-state index in [1.165, 1.54) is 0 Å². The first kappa shape index (κ1) is 20.1. The average Bonchev–Trinajstić information content (AvgIpc) is 3.28. The predicted molar refractivity (Wildman–Crippen MR) is 108 cm³/mol. The molecule has 28 heavy (non-hydrogen) atoms. The summed E-state index contributed by atoms with van der Waals surface area (Å²) in [5, 5.41) is 0. The van der Waals surface area contributed by atoms with Crippen molar-refractivity contribution in [2.24, 2.45) is 5.92 Å². The highest BCUT2D eigenvalue weighted by atomic mass is 16.6. The van der Waals surface area contributed by atoms with E-state index in [9.17, 15) is 4.79 Å². The highest BCUT2D eigenvalue weighted by molar-refractivity contribution is 5.70. The van der Waals surface area contributed by atoms with Crippen molar-refractivity contribution < 1.29 is 14.3 Å². The minimum absolute atomic E-state index is 0.115. The van der Waals surface area contributed by atoms with Gasteiger partial charge < -0.3 is 14.5 Å². The Kier molecular flexibility index (Phi) is 6.19. The highest BCUT2D eigenvalue weighted by Crippen LogP contribution is 2.40. The summed E-state index contributed by atoms with van der Waals surface area (Å²) in [5.74, 6) is 0.868. The molecule has 1 aliphatic heterocycles. The molecule has 3 atom stereocenters. The molecule has 2 aromatic rings. The first-order valence-electron chi connectivity index (χ1n) is 9.64. The van der Waals surface area contributed by atoms with E-state index >= 15 is 0 Å². The minimum Gasteiger partial charge on any atom is -0.444 e. The first-order chi connectivity index (χ1) is 13.4. The quantitative estimate of drug-likeness (QED) is 0.747. The van der Waals surface area contributed by atoms with Gasteiger partial charge in [0.15, 0.2) is 0 Å². The Balaban J connectivity index is 1.74. The smallest absolute Gasteiger partial charge is 0.411 e. The van der Waals surface area contributed by atoms with Crippen LogP contribution in [0.3, 0.4) is 0 Å². The molecule has 1 amide bonds. The molecule has 1 N–H and O–H groups in total. The van der Waals surface area contributed by atoms with Crippen molar-refractivity contribution in [2.75, 3.05) is 6.61 Å². The van der Waals surface area contributed by atoms with Gasteiger partial charge in [-0.05, 0) is 32.8 Å². The van der Waals surface area contributed by atoms with Crippen molar-refractivity contribution in [3.63, 3.8) is 0 Å².